The first kappa shape index (κ1) is 12.6. The lowest BCUT2D eigenvalue weighted by molar-refractivity contribution is -0.125. The van der Waals surface area contributed by atoms with Gasteiger partial charge in [-0.2, -0.15) is 0 Å². The highest BCUT2D eigenvalue weighted by molar-refractivity contribution is 6.07. The van der Waals surface area contributed by atoms with E-state index >= 15 is 0 Å². The quantitative estimate of drug-likeness (QED) is 0.783. The molecule has 1 aromatic carbocycles. The smallest absolute Gasteiger partial charge is 0.322 e. The molecular formula is C13H16N2O3. The van der Waals surface area contributed by atoms with Gasteiger partial charge in [0.15, 0.2) is 0 Å². The molecule has 2 N–H and O–H groups in total. The number of hydrogen-bond donors (Lipinski definition) is 2. The van der Waals surface area contributed by atoms with Crippen LogP contribution in [-0.2, 0) is 15.1 Å². The summed E-state index contributed by atoms with van der Waals surface area (Å²) in [4.78, 5) is 23.4. The van der Waals surface area contributed by atoms with Crippen LogP contribution in [0.25, 0.3) is 0 Å². The van der Waals surface area contributed by atoms with E-state index in [0.29, 0.717) is 13.0 Å². The summed E-state index contributed by atoms with van der Waals surface area (Å²) in [5.74, 6) is -0.326. The Hall–Kier alpha value is -1.88. The lowest BCUT2D eigenvalue weighted by Gasteiger charge is -2.26. The topological polar surface area (TPSA) is 67.4 Å². The van der Waals surface area contributed by atoms with Crippen molar-refractivity contribution in [2.45, 2.75) is 18.9 Å². The van der Waals surface area contributed by atoms with E-state index in [9.17, 15) is 9.59 Å². The molecule has 0 aromatic heterocycles. The van der Waals surface area contributed by atoms with Gasteiger partial charge in [0, 0.05) is 20.1 Å². The predicted molar refractivity (Wildman–Crippen MR) is 66.0 cm³/mol. The number of carbonyl (C=O) groups is 2. The van der Waals surface area contributed by atoms with Gasteiger partial charge in [0.05, 0.1) is 0 Å². The standard InChI is InChI=1S/C13H16N2O3/c1-9-3-5-10(6-4-9)13(7-8-18-2)11(16)14-12(17)15-13/h3-6H,7-8H2,1-2H3,(H2,14,15,16,17). The van der Waals surface area contributed by atoms with Crippen molar-refractivity contribution in [3.63, 3.8) is 0 Å². The second-order valence-corrected chi connectivity index (χ2v) is 4.42. The van der Waals surface area contributed by atoms with Crippen LogP contribution in [-0.4, -0.2) is 25.7 Å². The summed E-state index contributed by atoms with van der Waals surface area (Å²) in [6.45, 7) is 2.36. The van der Waals surface area contributed by atoms with Crippen LogP contribution >= 0.6 is 0 Å². The van der Waals surface area contributed by atoms with Gasteiger partial charge in [-0.3, -0.25) is 10.1 Å². The van der Waals surface area contributed by atoms with Crippen LogP contribution in [0.2, 0.25) is 0 Å². The maximum Gasteiger partial charge on any atom is 0.322 e. The van der Waals surface area contributed by atoms with Crippen molar-refractivity contribution < 1.29 is 14.3 Å². The highest BCUT2D eigenvalue weighted by Crippen LogP contribution is 2.28. The van der Waals surface area contributed by atoms with Gasteiger partial charge in [-0.15, -0.1) is 0 Å². The minimum absolute atomic E-state index is 0.326. The second kappa shape index (κ2) is 4.78. The zero-order valence-corrected chi connectivity index (χ0v) is 10.4. The molecule has 5 heteroatoms. The van der Waals surface area contributed by atoms with E-state index in [4.69, 9.17) is 4.74 Å². The molecule has 1 aromatic rings. The number of imide groups is 1. The van der Waals surface area contributed by atoms with Gasteiger partial charge in [0.25, 0.3) is 5.91 Å². The fourth-order valence-electron chi connectivity index (χ4n) is 2.11. The first-order valence-corrected chi connectivity index (χ1v) is 5.78. The molecule has 3 amide bonds. The van der Waals surface area contributed by atoms with Crippen LogP contribution in [0.5, 0.6) is 0 Å². The molecule has 1 aliphatic heterocycles. The van der Waals surface area contributed by atoms with Crippen LogP contribution in [0.1, 0.15) is 17.5 Å². The summed E-state index contributed by atoms with van der Waals surface area (Å²) in [5.41, 5.74) is 0.861. The lowest BCUT2D eigenvalue weighted by Crippen LogP contribution is -2.44. The van der Waals surface area contributed by atoms with Crippen molar-refractivity contribution in [3.05, 3.63) is 35.4 Å². The normalized spacial score (nSPS) is 22.8. The molecule has 0 radical (unpaired) electrons. The van der Waals surface area contributed by atoms with Gasteiger partial charge in [-0.1, -0.05) is 29.8 Å². The number of hydrogen-bond acceptors (Lipinski definition) is 3. The van der Waals surface area contributed by atoms with Gasteiger partial charge >= 0.3 is 6.03 Å². The van der Waals surface area contributed by atoms with Crippen molar-refractivity contribution >= 4 is 11.9 Å². The van der Waals surface area contributed by atoms with Crippen molar-refractivity contribution in [2.75, 3.05) is 13.7 Å². The highest BCUT2D eigenvalue weighted by Gasteiger charge is 2.47. The Morgan fingerprint density at radius 2 is 1.89 bits per heavy atom. The number of ether oxygens (including phenoxy) is 1. The first-order valence-electron chi connectivity index (χ1n) is 5.78. The third-order valence-electron chi connectivity index (χ3n) is 3.17. The van der Waals surface area contributed by atoms with Crippen molar-refractivity contribution in [2.24, 2.45) is 0 Å². The van der Waals surface area contributed by atoms with Crippen molar-refractivity contribution in [3.8, 4) is 0 Å². The van der Waals surface area contributed by atoms with E-state index in [1.165, 1.54) is 0 Å². The van der Waals surface area contributed by atoms with E-state index in [0.717, 1.165) is 11.1 Å². The molecule has 0 spiro atoms. The molecule has 5 nitrogen and oxygen atoms in total. The molecule has 2 rings (SSSR count). The van der Waals surface area contributed by atoms with Crippen LogP contribution in [0.4, 0.5) is 4.79 Å². The van der Waals surface area contributed by atoms with E-state index in [2.05, 4.69) is 10.6 Å². The minimum atomic E-state index is -1.01. The molecule has 1 heterocycles. The predicted octanol–water partition coefficient (Wildman–Crippen LogP) is 1.07. The molecule has 1 atom stereocenters. The fourth-order valence-corrected chi connectivity index (χ4v) is 2.11. The number of methoxy groups -OCH3 is 1. The van der Waals surface area contributed by atoms with Crippen LogP contribution < -0.4 is 10.6 Å². The lowest BCUT2D eigenvalue weighted by atomic mass is 9.86. The monoisotopic (exact) mass is 248 g/mol. The van der Waals surface area contributed by atoms with Crippen molar-refractivity contribution in [1.29, 1.82) is 0 Å². The summed E-state index contributed by atoms with van der Waals surface area (Å²) in [6.07, 6.45) is 0.407. The molecule has 1 unspecified atom stereocenters. The van der Waals surface area contributed by atoms with E-state index in [1.54, 1.807) is 7.11 Å². The Kier molecular flexibility index (Phi) is 3.34. The van der Waals surface area contributed by atoms with Crippen LogP contribution in [0, 0.1) is 6.92 Å². The zero-order chi connectivity index (χ0) is 13.2. The van der Waals surface area contributed by atoms with Gasteiger partial charge in [0.1, 0.15) is 5.54 Å². The Morgan fingerprint density at radius 3 is 2.39 bits per heavy atom. The van der Waals surface area contributed by atoms with E-state index in [-0.39, 0.29) is 5.91 Å². The summed E-state index contributed by atoms with van der Waals surface area (Å²) in [7, 11) is 1.57. The average Bonchev–Trinajstić information content (AvgIpc) is 2.63. The summed E-state index contributed by atoms with van der Waals surface area (Å²) < 4.78 is 5.03. The summed E-state index contributed by atoms with van der Waals surface area (Å²) in [5, 5.41) is 4.99. The Balaban J connectivity index is 2.39. The van der Waals surface area contributed by atoms with Crippen LogP contribution in [0.3, 0.4) is 0 Å². The highest BCUT2D eigenvalue weighted by atomic mass is 16.5. The molecule has 96 valence electrons. The molecule has 1 fully saturated rings. The molecular weight excluding hydrogens is 232 g/mol. The molecule has 18 heavy (non-hydrogen) atoms. The largest absolute Gasteiger partial charge is 0.385 e. The number of aryl methyl sites for hydroxylation is 1. The molecule has 1 aliphatic rings. The molecule has 0 saturated carbocycles. The van der Waals surface area contributed by atoms with E-state index < -0.39 is 11.6 Å². The fraction of sp³-hybridized carbons (Fsp3) is 0.385. The number of urea groups is 1. The van der Waals surface area contributed by atoms with Gasteiger partial charge in [0.2, 0.25) is 0 Å². The molecule has 0 bridgehead atoms. The first-order chi connectivity index (χ1) is 8.58. The number of amides is 3. The maximum absolute atomic E-state index is 12.0. The van der Waals surface area contributed by atoms with Crippen molar-refractivity contribution in [1.82, 2.24) is 10.6 Å². The van der Waals surface area contributed by atoms with Gasteiger partial charge < -0.3 is 10.1 Å². The second-order valence-electron chi connectivity index (χ2n) is 4.42. The summed E-state index contributed by atoms with van der Waals surface area (Å²) in [6, 6.07) is 7.09. The number of benzene rings is 1. The number of carbonyl (C=O) groups excluding carboxylic acids is 2. The Labute approximate surface area is 106 Å². The SMILES string of the molecule is COCCC1(c2ccc(C)cc2)NC(=O)NC1=O. The number of nitrogens with one attached hydrogen (secondary N) is 2. The maximum atomic E-state index is 12.0. The molecule has 0 aliphatic carbocycles. The van der Waals surface area contributed by atoms with Crippen LogP contribution in [0.15, 0.2) is 24.3 Å². The average molecular weight is 248 g/mol. The Morgan fingerprint density at radius 1 is 1.22 bits per heavy atom. The third kappa shape index (κ3) is 2.09. The molecule has 1 saturated heterocycles. The zero-order valence-electron chi connectivity index (χ0n) is 10.4. The third-order valence-corrected chi connectivity index (χ3v) is 3.17. The summed E-state index contributed by atoms with van der Waals surface area (Å²) >= 11 is 0. The Bertz CT molecular complexity index is 470. The number of rotatable bonds is 4. The van der Waals surface area contributed by atoms with E-state index in [1.807, 2.05) is 31.2 Å². The van der Waals surface area contributed by atoms with Gasteiger partial charge in [-0.05, 0) is 12.5 Å². The minimum Gasteiger partial charge on any atom is -0.385 e. The van der Waals surface area contributed by atoms with Gasteiger partial charge in [-0.25, -0.2) is 4.79 Å².